The minimum atomic E-state index is -0.170. The summed E-state index contributed by atoms with van der Waals surface area (Å²) in [6, 6.07) is 13.4. The molecule has 1 N–H and O–H groups in total. The molecule has 1 aliphatic heterocycles. The number of nitrogens with zero attached hydrogens (tertiary/aromatic N) is 3. The van der Waals surface area contributed by atoms with Crippen molar-refractivity contribution in [3.05, 3.63) is 59.3 Å². The third-order valence-corrected chi connectivity index (χ3v) is 5.34. The van der Waals surface area contributed by atoms with Crippen LogP contribution in [0.4, 0.5) is 5.69 Å². The van der Waals surface area contributed by atoms with Crippen LogP contribution in [0.5, 0.6) is 0 Å². The number of carbonyl (C=O) groups is 2. The maximum atomic E-state index is 12.9. The van der Waals surface area contributed by atoms with Crippen LogP contribution < -0.4 is 5.32 Å². The maximum Gasteiger partial charge on any atom is 0.275 e. The zero-order chi connectivity index (χ0) is 19.7. The number of anilines is 1. The van der Waals surface area contributed by atoms with Gasteiger partial charge in [0.2, 0.25) is 5.91 Å². The van der Waals surface area contributed by atoms with Gasteiger partial charge in [-0.3, -0.25) is 14.3 Å². The molecule has 0 saturated carbocycles. The smallest absolute Gasteiger partial charge is 0.275 e. The molecule has 0 spiro atoms. The zero-order valence-corrected chi connectivity index (χ0v) is 16.2. The fraction of sp³-hybridized carbons (Fsp3) is 0.318. The number of benzene rings is 2. The minimum absolute atomic E-state index is 0.0537. The van der Waals surface area contributed by atoms with Gasteiger partial charge in [-0.1, -0.05) is 24.3 Å². The highest BCUT2D eigenvalue weighted by Crippen LogP contribution is 2.22. The van der Waals surface area contributed by atoms with Crippen molar-refractivity contribution in [1.29, 1.82) is 0 Å². The summed E-state index contributed by atoms with van der Waals surface area (Å²) in [7, 11) is 0. The predicted octanol–water partition coefficient (Wildman–Crippen LogP) is 3.53. The van der Waals surface area contributed by atoms with E-state index in [2.05, 4.69) is 10.4 Å². The number of aromatic nitrogens is 2. The van der Waals surface area contributed by atoms with Gasteiger partial charge in [0.05, 0.1) is 5.52 Å². The Labute approximate surface area is 164 Å². The number of rotatable bonds is 4. The first-order chi connectivity index (χ1) is 13.5. The van der Waals surface area contributed by atoms with Crippen molar-refractivity contribution < 1.29 is 9.59 Å². The average molecular weight is 376 g/mol. The largest absolute Gasteiger partial charge is 0.337 e. The van der Waals surface area contributed by atoms with E-state index in [0.717, 1.165) is 48.1 Å². The van der Waals surface area contributed by atoms with Crippen LogP contribution in [0.2, 0.25) is 0 Å². The van der Waals surface area contributed by atoms with Gasteiger partial charge < -0.3 is 10.2 Å². The van der Waals surface area contributed by atoms with Crippen molar-refractivity contribution in [3.8, 4) is 0 Å². The number of carbonyl (C=O) groups excluding carboxylic acids is 2. The van der Waals surface area contributed by atoms with Crippen molar-refractivity contribution >= 4 is 28.4 Å². The Balaban J connectivity index is 1.59. The molecule has 0 unspecified atom stereocenters. The summed E-state index contributed by atoms with van der Waals surface area (Å²) in [6.07, 6.45) is 2.06. The quantitative estimate of drug-likeness (QED) is 0.757. The van der Waals surface area contributed by atoms with Crippen molar-refractivity contribution in [1.82, 2.24) is 14.7 Å². The lowest BCUT2D eigenvalue weighted by atomic mass is 10.1. The standard InChI is InChI=1S/C22H24N4O2/c1-15-9-10-17(13-16(15)2)23-20(27)14-26-19-8-4-3-7-18(19)21(24-26)22(28)25-11-5-6-12-25/h3-4,7-10,13H,5-6,11-12,14H2,1-2H3,(H,23,27). The lowest BCUT2D eigenvalue weighted by Crippen LogP contribution is -2.28. The number of nitrogens with one attached hydrogen (secondary N) is 1. The molecule has 3 aromatic rings. The normalized spacial score (nSPS) is 13.9. The Morgan fingerprint density at radius 3 is 2.54 bits per heavy atom. The Bertz CT molecular complexity index is 1050. The third-order valence-electron chi connectivity index (χ3n) is 5.34. The fourth-order valence-electron chi connectivity index (χ4n) is 3.63. The number of fused-ring (bicyclic) bond motifs is 1. The molecule has 1 saturated heterocycles. The van der Waals surface area contributed by atoms with Gasteiger partial charge in [-0.25, -0.2) is 0 Å². The van der Waals surface area contributed by atoms with E-state index in [1.165, 1.54) is 5.56 Å². The Kier molecular flexibility index (Phi) is 4.86. The van der Waals surface area contributed by atoms with Gasteiger partial charge in [-0.15, -0.1) is 0 Å². The number of hydrogen-bond donors (Lipinski definition) is 1. The SMILES string of the molecule is Cc1ccc(NC(=O)Cn2nc(C(=O)N3CCCC3)c3ccccc32)cc1C. The number of likely N-dealkylation sites (tertiary alicyclic amines) is 1. The summed E-state index contributed by atoms with van der Waals surface area (Å²) in [5, 5.41) is 8.22. The highest BCUT2D eigenvalue weighted by atomic mass is 16.2. The molecule has 0 bridgehead atoms. The Morgan fingerprint density at radius 1 is 1.04 bits per heavy atom. The molecule has 6 heteroatoms. The van der Waals surface area contributed by atoms with Crippen molar-refractivity contribution in [2.24, 2.45) is 0 Å². The van der Waals surface area contributed by atoms with E-state index < -0.39 is 0 Å². The van der Waals surface area contributed by atoms with Gasteiger partial charge >= 0.3 is 0 Å². The molecule has 0 atom stereocenters. The van der Waals surface area contributed by atoms with Crippen LogP contribution in [0.3, 0.4) is 0 Å². The van der Waals surface area contributed by atoms with Gasteiger partial charge in [0.1, 0.15) is 6.54 Å². The molecule has 28 heavy (non-hydrogen) atoms. The van der Waals surface area contributed by atoms with Crippen LogP contribution in [0, 0.1) is 13.8 Å². The molecule has 2 aromatic carbocycles. The second-order valence-electron chi connectivity index (χ2n) is 7.37. The van der Waals surface area contributed by atoms with E-state index in [0.29, 0.717) is 5.69 Å². The second kappa shape index (κ2) is 7.46. The van der Waals surface area contributed by atoms with Crippen molar-refractivity contribution in [3.63, 3.8) is 0 Å². The molecule has 6 nitrogen and oxygen atoms in total. The molecular weight excluding hydrogens is 352 g/mol. The highest BCUT2D eigenvalue weighted by Gasteiger charge is 2.25. The molecule has 0 aliphatic carbocycles. The number of amides is 2. The molecular formula is C22H24N4O2. The molecule has 144 valence electrons. The van der Waals surface area contributed by atoms with Gasteiger partial charge in [0.15, 0.2) is 5.69 Å². The number of para-hydroxylation sites is 1. The lowest BCUT2D eigenvalue weighted by Gasteiger charge is -2.13. The van der Waals surface area contributed by atoms with E-state index in [9.17, 15) is 9.59 Å². The summed E-state index contributed by atoms with van der Waals surface area (Å²) in [4.78, 5) is 27.3. The first kappa shape index (κ1) is 18.2. The monoisotopic (exact) mass is 376 g/mol. The molecule has 1 aromatic heterocycles. The van der Waals surface area contributed by atoms with Crippen LogP contribution in [0.25, 0.3) is 10.9 Å². The number of hydrogen-bond acceptors (Lipinski definition) is 3. The van der Waals surface area contributed by atoms with Crippen LogP contribution in [-0.4, -0.2) is 39.6 Å². The molecule has 0 radical (unpaired) electrons. The third kappa shape index (κ3) is 3.50. The Morgan fingerprint density at radius 2 is 1.79 bits per heavy atom. The minimum Gasteiger partial charge on any atom is -0.337 e. The zero-order valence-electron chi connectivity index (χ0n) is 16.2. The van der Waals surface area contributed by atoms with Gasteiger partial charge in [-0.05, 0) is 56.0 Å². The Hall–Kier alpha value is -3.15. The number of aryl methyl sites for hydroxylation is 2. The highest BCUT2D eigenvalue weighted by molar-refractivity contribution is 6.05. The summed E-state index contributed by atoms with van der Waals surface area (Å²) >= 11 is 0. The first-order valence-electron chi connectivity index (χ1n) is 9.65. The summed E-state index contributed by atoms with van der Waals surface area (Å²) < 4.78 is 1.62. The summed E-state index contributed by atoms with van der Waals surface area (Å²) in [5.41, 5.74) is 4.29. The second-order valence-corrected chi connectivity index (χ2v) is 7.37. The van der Waals surface area contributed by atoms with Gasteiger partial charge in [0, 0.05) is 24.2 Å². The molecule has 2 heterocycles. The maximum absolute atomic E-state index is 12.9. The summed E-state index contributed by atoms with van der Waals surface area (Å²) in [6.45, 7) is 5.65. The first-order valence-corrected chi connectivity index (χ1v) is 9.65. The molecule has 1 fully saturated rings. The predicted molar refractivity (Wildman–Crippen MR) is 109 cm³/mol. The lowest BCUT2D eigenvalue weighted by molar-refractivity contribution is -0.116. The van der Waals surface area contributed by atoms with E-state index in [-0.39, 0.29) is 18.4 Å². The van der Waals surface area contributed by atoms with Crippen molar-refractivity contribution in [2.75, 3.05) is 18.4 Å². The van der Waals surface area contributed by atoms with E-state index in [1.807, 2.05) is 61.2 Å². The van der Waals surface area contributed by atoms with Crippen LogP contribution in [0.1, 0.15) is 34.5 Å². The topological polar surface area (TPSA) is 67.2 Å². The molecule has 1 aliphatic rings. The molecule has 2 amide bonds. The molecule has 4 rings (SSSR count). The van der Waals surface area contributed by atoms with Crippen LogP contribution in [-0.2, 0) is 11.3 Å². The fourth-order valence-corrected chi connectivity index (χ4v) is 3.63. The summed E-state index contributed by atoms with van der Waals surface area (Å²) in [5.74, 6) is -0.223. The van der Waals surface area contributed by atoms with Crippen molar-refractivity contribution in [2.45, 2.75) is 33.2 Å². The van der Waals surface area contributed by atoms with E-state index >= 15 is 0 Å². The van der Waals surface area contributed by atoms with Crippen LogP contribution in [0.15, 0.2) is 42.5 Å². The average Bonchev–Trinajstić information content (AvgIpc) is 3.33. The van der Waals surface area contributed by atoms with Gasteiger partial charge in [-0.2, -0.15) is 5.10 Å². The van der Waals surface area contributed by atoms with E-state index in [1.54, 1.807) is 4.68 Å². The van der Waals surface area contributed by atoms with E-state index in [4.69, 9.17) is 0 Å². The van der Waals surface area contributed by atoms with Gasteiger partial charge in [0.25, 0.3) is 5.91 Å². The van der Waals surface area contributed by atoms with Crippen LogP contribution >= 0.6 is 0 Å².